The van der Waals surface area contributed by atoms with E-state index >= 15 is 0 Å². The molecule has 1 unspecified atom stereocenters. The van der Waals surface area contributed by atoms with Crippen molar-refractivity contribution in [2.45, 2.75) is 245 Å². The van der Waals surface area contributed by atoms with Crippen LogP contribution in [-0.2, 0) is 14.3 Å². The zero-order valence-electron chi connectivity index (χ0n) is 33.5. The van der Waals surface area contributed by atoms with Gasteiger partial charge in [0.25, 0.3) is 0 Å². The van der Waals surface area contributed by atoms with Gasteiger partial charge in [-0.1, -0.05) is 166 Å². The number of unbranched alkanes of at least 4 members (excludes halogenated alkanes) is 25. The van der Waals surface area contributed by atoms with Crippen molar-refractivity contribution in [2.24, 2.45) is 0 Å². The number of ether oxygens (including phenoxy) is 1. The van der Waals surface area contributed by atoms with E-state index in [2.05, 4.69) is 50.3 Å². The van der Waals surface area contributed by atoms with E-state index in [1.807, 2.05) is 0 Å². The Hall–Kier alpha value is -1.84. The second-order valence-electron chi connectivity index (χ2n) is 14.9. The second-order valence-corrected chi connectivity index (χ2v) is 14.9. The standard InChI is InChI=1S/C46H84O4/c1-3-5-7-9-11-13-14-15-16-17-18-19-20-21-22-23-24-25-31-35-39-43-46(49)50-44(40-36-32-28-12-10-8-6-4-2)41-37-33-29-26-27-30-34-38-42-45(47)48/h11,13,15-16,21-22,44H,3-10,12,14,17-20,23-43H2,1-2H3,(H,47,48)/b13-11-,16-15-,22-21-. The number of esters is 1. The number of allylic oxidation sites excluding steroid dienone is 6. The lowest BCUT2D eigenvalue weighted by atomic mass is 10.0. The molecule has 0 aliphatic rings. The number of hydrogen-bond acceptors (Lipinski definition) is 3. The van der Waals surface area contributed by atoms with E-state index in [-0.39, 0.29) is 12.1 Å². The Morgan fingerprint density at radius 3 is 1.26 bits per heavy atom. The highest BCUT2D eigenvalue weighted by Gasteiger charge is 2.14. The summed E-state index contributed by atoms with van der Waals surface area (Å²) < 4.78 is 6.04. The Kier molecular flexibility index (Phi) is 40.0. The van der Waals surface area contributed by atoms with Gasteiger partial charge in [-0.2, -0.15) is 0 Å². The maximum absolute atomic E-state index is 12.7. The first kappa shape index (κ1) is 48.2. The van der Waals surface area contributed by atoms with Gasteiger partial charge in [0.2, 0.25) is 0 Å². The third-order valence-electron chi connectivity index (χ3n) is 9.83. The van der Waals surface area contributed by atoms with Crippen LogP contribution in [0.4, 0.5) is 0 Å². The third-order valence-corrected chi connectivity index (χ3v) is 9.83. The van der Waals surface area contributed by atoms with Crippen molar-refractivity contribution < 1.29 is 19.4 Å². The van der Waals surface area contributed by atoms with Crippen LogP contribution in [0.1, 0.15) is 239 Å². The minimum atomic E-state index is -0.682. The lowest BCUT2D eigenvalue weighted by molar-refractivity contribution is -0.150. The van der Waals surface area contributed by atoms with E-state index in [1.54, 1.807) is 0 Å². The molecule has 0 radical (unpaired) electrons. The van der Waals surface area contributed by atoms with Gasteiger partial charge >= 0.3 is 11.9 Å². The predicted molar refractivity (Wildman–Crippen MR) is 218 cm³/mol. The molecule has 50 heavy (non-hydrogen) atoms. The lowest BCUT2D eigenvalue weighted by Gasteiger charge is -2.18. The van der Waals surface area contributed by atoms with Crippen LogP contribution in [0, 0.1) is 0 Å². The van der Waals surface area contributed by atoms with Crippen LogP contribution in [-0.4, -0.2) is 23.1 Å². The van der Waals surface area contributed by atoms with Crippen molar-refractivity contribution in [3.05, 3.63) is 36.5 Å². The molecule has 292 valence electrons. The van der Waals surface area contributed by atoms with Gasteiger partial charge < -0.3 is 9.84 Å². The molecule has 0 saturated carbocycles. The molecule has 0 spiro atoms. The summed E-state index contributed by atoms with van der Waals surface area (Å²) in [5.74, 6) is -0.664. The molecule has 0 heterocycles. The Morgan fingerprint density at radius 1 is 0.440 bits per heavy atom. The molecule has 0 aromatic heterocycles. The Bertz CT molecular complexity index is 798. The first-order valence-electron chi connectivity index (χ1n) is 22.0. The Labute approximate surface area is 311 Å². The van der Waals surface area contributed by atoms with Crippen molar-refractivity contribution in [1.82, 2.24) is 0 Å². The highest BCUT2D eigenvalue weighted by Crippen LogP contribution is 2.19. The van der Waals surface area contributed by atoms with Crippen LogP contribution in [0.25, 0.3) is 0 Å². The minimum Gasteiger partial charge on any atom is -0.481 e. The molecule has 1 atom stereocenters. The van der Waals surface area contributed by atoms with Crippen molar-refractivity contribution in [3.63, 3.8) is 0 Å². The zero-order chi connectivity index (χ0) is 36.4. The fourth-order valence-corrected chi connectivity index (χ4v) is 6.56. The van der Waals surface area contributed by atoms with Gasteiger partial charge in [-0.05, 0) is 96.3 Å². The fourth-order valence-electron chi connectivity index (χ4n) is 6.56. The van der Waals surface area contributed by atoms with Gasteiger partial charge in [-0.15, -0.1) is 0 Å². The molecular formula is C46H84O4. The lowest BCUT2D eigenvalue weighted by Crippen LogP contribution is -2.18. The number of carbonyl (C=O) groups is 2. The first-order chi connectivity index (χ1) is 24.6. The monoisotopic (exact) mass is 701 g/mol. The van der Waals surface area contributed by atoms with Gasteiger partial charge in [-0.25, -0.2) is 0 Å². The summed E-state index contributed by atoms with van der Waals surface area (Å²) in [7, 11) is 0. The molecule has 0 bridgehead atoms. The number of carboxylic acid groups (broad SMARTS) is 1. The molecule has 0 saturated heterocycles. The van der Waals surface area contributed by atoms with Gasteiger partial charge in [0.1, 0.15) is 6.10 Å². The average Bonchev–Trinajstić information content (AvgIpc) is 3.10. The number of rotatable bonds is 40. The Balaban J connectivity index is 3.96. The van der Waals surface area contributed by atoms with Gasteiger partial charge in [-0.3, -0.25) is 9.59 Å². The molecule has 4 heteroatoms. The topological polar surface area (TPSA) is 63.6 Å². The molecule has 0 aliphatic carbocycles. The van der Waals surface area contributed by atoms with E-state index in [0.29, 0.717) is 12.8 Å². The normalized spacial score (nSPS) is 12.5. The van der Waals surface area contributed by atoms with Gasteiger partial charge in [0, 0.05) is 12.8 Å². The SMILES string of the molecule is CCCCC/C=C\C/C=C\CCCC/C=C\CCCCCCCC(=O)OC(CCCCCCCCCC)CCCCCCCCCCC(=O)O. The maximum atomic E-state index is 12.7. The summed E-state index contributed by atoms with van der Waals surface area (Å²) in [5.41, 5.74) is 0. The third kappa shape index (κ3) is 40.6. The van der Waals surface area contributed by atoms with Crippen LogP contribution >= 0.6 is 0 Å². The molecule has 0 aromatic rings. The quantitative estimate of drug-likeness (QED) is 0.0393. The largest absolute Gasteiger partial charge is 0.481 e. The summed E-state index contributed by atoms with van der Waals surface area (Å²) in [6.07, 6.45) is 54.7. The van der Waals surface area contributed by atoms with E-state index in [1.165, 1.54) is 154 Å². The second kappa shape index (κ2) is 41.6. The van der Waals surface area contributed by atoms with Gasteiger partial charge in [0.05, 0.1) is 0 Å². The first-order valence-corrected chi connectivity index (χ1v) is 22.0. The summed E-state index contributed by atoms with van der Waals surface area (Å²) in [5, 5.41) is 8.76. The number of hydrogen-bond donors (Lipinski definition) is 1. The van der Waals surface area contributed by atoms with Crippen LogP contribution in [0.2, 0.25) is 0 Å². The molecule has 4 nitrogen and oxygen atoms in total. The van der Waals surface area contributed by atoms with Crippen LogP contribution in [0.15, 0.2) is 36.5 Å². The van der Waals surface area contributed by atoms with Crippen molar-refractivity contribution in [3.8, 4) is 0 Å². The number of aliphatic carboxylic acids is 1. The van der Waals surface area contributed by atoms with Crippen molar-refractivity contribution in [1.29, 1.82) is 0 Å². The van der Waals surface area contributed by atoms with Crippen LogP contribution in [0.5, 0.6) is 0 Å². The molecule has 0 fully saturated rings. The Morgan fingerprint density at radius 2 is 0.780 bits per heavy atom. The van der Waals surface area contributed by atoms with E-state index in [9.17, 15) is 9.59 Å². The van der Waals surface area contributed by atoms with Gasteiger partial charge in [0.15, 0.2) is 0 Å². The van der Waals surface area contributed by atoms with E-state index < -0.39 is 5.97 Å². The molecule has 0 aliphatic heterocycles. The van der Waals surface area contributed by atoms with E-state index in [0.717, 1.165) is 57.8 Å². The summed E-state index contributed by atoms with van der Waals surface area (Å²) in [6, 6.07) is 0. The van der Waals surface area contributed by atoms with Crippen molar-refractivity contribution in [2.75, 3.05) is 0 Å². The summed E-state index contributed by atoms with van der Waals surface area (Å²) >= 11 is 0. The molecular weight excluding hydrogens is 617 g/mol. The highest BCUT2D eigenvalue weighted by atomic mass is 16.5. The number of carboxylic acids is 1. The van der Waals surface area contributed by atoms with Crippen LogP contribution in [0.3, 0.4) is 0 Å². The molecule has 0 amide bonds. The minimum absolute atomic E-state index is 0.0176. The average molecular weight is 701 g/mol. The number of carbonyl (C=O) groups excluding carboxylic acids is 1. The summed E-state index contributed by atoms with van der Waals surface area (Å²) in [4.78, 5) is 23.3. The smallest absolute Gasteiger partial charge is 0.306 e. The molecule has 1 N–H and O–H groups in total. The van der Waals surface area contributed by atoms with Crippen molar-refractivity contribution >= 4 is 11.9 Å². The van der Waals surface area contributed by atoms with E-state index in [4.69, 9.17) is 9.84 Å². The molecule has 0 rings (SSSR count). The molecule has 0 aromatic carbocycles. The fraction of sp³-hybridized carbons (Fsp3) is 0.826. The zero-order valence-corrected chi connectivity index (χ0v) is 33.5. The summed E-state index contributed by atoms with van der Waals surface area (Å²) in [6.45, 7) is 4.53. The maximum Gasteiger partial charge on any atom is 0.306 e. The predicted octanol–water partition coefficient (Wildman–Crippen LogP) is 15.3. The highest BCUT2D eigenvalue weighted by molar-refractivity contribution is 5.69. The van der Waals surface area contributed by atoms with Crippen LogP contribution < -0.4 is 0 Å².